The summed E-state index contributed by atoms with van der Waals surface area (Å²) in [5, 5.41) is 4.09. The summed E-state index contributed by atoms with van der Waals surface area (Å²) < 4.78 is 11.3. The highest BCUT2D eigenvalue weighted by Gasteiger charge is 2.33. The fourth-order valence-electron chi connectivity index (χ4n) is 4.33. The molecule has 31 heavy (non-hydrogen) atoms. The Morgan fingerprint density at radius 2 is 1.71 bits per heavy atom. The lowest BCUT2D eigenvalue weighted by atomic mass is 9.92. The Labute approximate surface area is 190 Å². The van der Waals surface area contributed by atoms with Crippen LogP contribution >= 0.6 is 15.9 Å². The molecule has 9 heteroatoms. The zero-order valence-electron chi connectivity index (χ0n) is 17.6. The van der Waals surface area contributed by atoms with E-state index in [2.05, 4.69) is 31.0 Å². The fraction of sp³-hybridized carbons (Fsp3) is 0.545. The van der Waals surface area contributed by atoms with E-state index >= 15 is 0 Å². The summed E-state index contributed by atoms with van der Waals surface area (Å²) in [6.45, 7) is 3.52. The van der Waals surface area contributed by atoms with Gasteiger partial charge in [-0.05, 0) is 63.0 Å². The summed E-state index contributed by atoms with van der Waals surface area (Å²) in [6, 6.07) is 7.80. The van der Waals surface area contributed by atoms with Crippen molar-refractivity contribution in [2.45, 2.75) is 32.2 Å². The molecule has 3 heterocycles. The molecular formula is C22H27BrN4O4. The lowest BCUT2D eigenvalue weighted by Crippen LogP contribution is -2.46. The Kier molecular flexibility index (Phi) is 7.02. The maximum absolute atomic E-state index is 12.9. The third-order valence-corrected chi connectivity index (χ3v) is 6.74. The number of carbonyl (C=O) groups excluding carboxylic acids is 2. The Hall–Kier alpha value is -2.26. The zero-order chi connectivity index (χ0) is 21.8. The Morgan fingerprint density at radius 3 is 2.35 bits per heavy atom. The Balaban J connectivity index is 1.24. The SMILES string of the molecule is COC(=O)C1CCN(C(=O)C2CCN(Cc3nc(-c4ccc(Br)cc4)no3)CC2)CC1. The normalized spacial score (nSPS) is 18.8. The van der Waals surface area contributed by atoms with Crippen molar-refractivity contribution in [3.8, 4) is 11.4 Å². The summed E-state index contributed by atoms with van der Waals surface area (Å²) in [5.74, 6) is 1.21. The first-order valence-corrected chi connectivity index (χ1v) is 11.5. The van der Waals surface area contributed by atoms with Crippen LogP contribution in [0, 0.1) is 11.8 Å². The fourth-order valence-corrected chi connectivity index (χ4v) is 4.59. The maximum atomic E-state index is 12.9. The Morgan fingerprint density at radius 1 is 1.06 bits per heavy atom. The van der Waals surface area contributed by atoms with Gasteiger partial charge in [0.25, 0.3) is 0 Å². The minimum atomic E-state index is -0.162. The third kappa shape index (κ3) is 5.33. The molecule has 2 aliphatic heterocycles. The van der Waals surface area contributed by atoms with Gasteiger partial charge in [-0.3, -0.25) is 14.5 Å². The van der Waals surface area contributed by atoms with Gasteiger partial charge in [0.1, 0.15) is 0 Å². The predicted molar refractivity (Wildman–Crippen MR) is 117 cm³/mol. The summed E-state index contributed by atoms with van der Waals surface area (Å²) >= 11 is 3.42. The summed E-state index contributed by atoms with van der Waals surface area (Å²) in [6.07, 6.45) is 3.02. The van der Waals surface area contributed by atoms with Gasteiger partial charge in [0.15, 0.2) is 0 Å². The first-order chi connectivity index (χ1) is 15.0. The van der Waals surface area contributed by atoms with Crippen LogP contribution in [-0.4, -0.2) is 65.1 Å². The lowest BCUT2D eigenvalue weighted by molar-refractivity contribution is -0.150. The van der Waals surface area contributed by atoms with Crippen molar-refractivity contribution in [2.75, 3.05) is 33.3 Å². The van der Waals surface area contributed by atoms with Crippen molar-refractivity contribution in [3.05, 3.63) is 34.6 Å². The number of hydrogen-bond donors (Lipinski definition) is 0. The highest BCUT2D eigenvalue weighted by atomic mass is 79.9. The molecule has 1 amide bonds. The molecule has 0 bridgehead atoms. The summed E-state index contributed by atoms with van der Waals surface area (Å²) in [7, 11) is 1.42. The number of hydrogen-bond acceptors (Lipinski definition) is 7. The van der Waals surface area contributed by atoms with Crippen LogP contribution in [-0.2, 0) is 20.9 Å². The van der Waals surface area contributed by atoms with Crippen molar-refractivity contribution in [1.29, 1.82) is 0 Å². The first kappa shape index (κ1) is 22.0. The number of piperidine rings is 2. The summed E-state index contributed by atoms with van der Waals surface area (Å²) in [5.41, 5.74) is 0.915. The van der Waals surface area contributed by atoms with Gasteiger partial charge < -0.3 is 14.2 Å². The van der Waals surface area contributed by atoms with Crippen LogP contribution in [0.1, 0.15) is 31.6 Å². The standard InChI is InChI=1S/C22H27BrN4O4/c1-30-22(29)17-8-12-27(13-9-17)21(28)16-6-10-26(11-7-16)14-19-24-20(25-31-19)15-2-4-18(23)5-3-15/h2-5,16-17H,6-14H2,1H3. The molecule has 0 radical (unpaired) electrons. The van der Waals surface area contributed by atoms with Crippen LogP contribution in [0.3, 0.4) is 0 Å². The topological polar surface area (TPSA) is 88.8 Å². The second-order valence-corrected chi connectivity index (χ2v) is 9.11. The van der Waals surface area contributed by atoms with Gasteiger partial charge in [0, 0.05) is 29.0 Å². The molecule has 0 atom stereocenters. The van der Waals surface area contributed by atoms with Crippen molar-refractivity contribution < 1.29 is 18.8 Å². The van der Waals surface area contributed by atoms with Crippen LogP contribution < -0.4 is 0 Å². The summed E-state index contributed by atoms with van der Waals surface area (Å²) in [4.78, 5) is 33.3. The van der Waals surface area contributed by atoms with E-state index in [-0.39, 0.29) is 23.7 Å². The largest absolute Gasteiger partial charge is 0.469 e. The molecule has 2 aliphatic rings. The predicted octanol–water partition coefficient (Wildman–Crippen LogP) is 3.12. The van der Waals surface area contributed by atoms with Crippen LogP contribution in [0.4, 0.5) is 0 Å². The van der Waals surface area contributed by atoms with E-state index in [4.69, 9.17) is 9.26 Å². The van der Waals surface area contributed by atoms with Gasteiger partial charge >= 0.3 is 5.97 Å². The Bertz CT molecular complexity index is 900. The van der Waals surface area contributed by atoms with E-state index in [1.165, 1.54) is 7.11 Å². The van der Waals surface area contributed by atoms with Gasteiger partial charge in [0.05, 0.1) is 19.6 Å². The van der Waals surface area contributed by atoms with Gasteiger partial charge in [-0.15, -0.1) is 0 Å². The maximum Gasteiger partial charge on any atom is 0.308 e. The van der Waals surface area contributed by atoms with Gasteiger partial charge in [-0.1, -0.05) is 21.1 Å². The molecular weight excluding hydrogens is 464 g/mol. The van der Waals surface area contributed by atoms with E-state index in [1.54, 1.807) is 0 Å². The molecule has 0 saturated carbocycles. The molecule has 166 valence electrons. The van der Waals surface area contributed by atoms with E-state index in [0.29, 0.717) is 44.2 Å². The molecule has 0 unspecified atom stereocenters. The zero-order valence-corrected chi connectivity index (χ0v) is 19.2. The van der Waals surface area contributed by atoms with Crippen LogP contribution in [0.15, 0.2) is 33.3 Å². The number of carbonyl (C=O) groups is 2. The number of nitrogens with zero attached hydrogens (tertiary/aromatic N) is 4. The highest BCUT2D eigenvalue weighted by molar-refractivity contribution is 9.10. The number of esters is 1. The van der Waals surface area contributed by atoms with Crippen molar-refractivity contribution in [3.63, 3.8) is 0 Å². The van der Waals surface area contributed by atoms with Crippen molar-refractivity contribution >= 4 is 27.8 Å². The quantitative estimate of drug-likeness (QED) is 0.594. The number of methoxy groups -OCH3 is 1. The average Bonchev–Trinajstić information content (AvgIpc) is 3.27. The second-order valence-electron chi connectivity index (χ2n) is 8.19. The number of rotatable bonds is 5. The number of amides is 1. The molecule has 1 aromatic carbocycles. The minimum Gasteiger partial charge on any atom is -0.469 e. The van der Waals surface area contributed by atoms with E-state index in [9.17, 15) is 9.59 Å². The van der Waals surface area contributed by atoms with Crippen molar-refractivity contribution in [1.82, 2.24) is 19.9 Å². The molecule has 0 N–H and O–H groups in total. The molecule has 2 aromatic rings. The lowest BCUT2D eigenvalue weighted by Gasteiger charge is -2.36. The molecule has 2 fully saturated rings. The highest BCUT2D eigenvalue weighted by Crippen LogP contribution is 2.25. The monoisotopic (exact) mass is 490 g/mol. The molecule has 2 saturated heterocycles. The molecule has 0 aliphatic carbocycles. The van der Waals surface area contributed by atoms with Gasteiger partial charge in [0.2, 0.25) is 17.6 Å². The van der Waals surface area contributed by atoms with Gasteiger partial charge in [-0.25, -0.2) is 0 Å². The van der Waals surface area contributed by atoms with Crippen molar-refractivity contribution in [2.24, 2.45) is 11.8 Å². The minimum absolute atomic E-state index is 0.0481. The molecule has 1 aromatic heterocycles. The van der Waals surface area contributed by atoms with Crippen LogP contribution in [0.25, 0.3) is 11.4 Å². The van der Waals surface area contributed by atoms with E-state index in [0.717, 1.165) is 36.0 Å². The number of ether oxygens (including phenoxy) is 1. The number of aromatic nitrogens is 2. The number of benzene rings is 1. The first-order valence-electron chi connectivity index (χ1n) is 10.7. The number of likely N-dealkylation sites (tertiary alicyclic amines) is 2. The molecule has 8 nitrogen and oxygen atoms in total. The molecule has 4 rings (SSSR count). The number of halogens is 1. The van der Waals surface area contributed by atoms with Crippen LogP contribution in [0.5, 0.6) is 0 Å². The van der Waals surface area contributed by atoms with Gasteiger partial charge in [-0.2, -0.15) is 4.98 Å². The van der Waals surface area contributed by atoms with E-state index < -0.39 is 0 Å². The molecule has 0 spiro atoms. The second kappa shape index (κ2) is 9.91. The smallest absolute Gasteiger partial charge is 0.308 e. The third-order valence-electron chi connectivity index (χ3n) is 6.21. The average molecular weight is 491 g/mol. The van der Waals surface area contributed by atoms with E-state index in [1.807, 2.05) is 29.2 Å². The van der Waals surface area contributed by atoms with Crippen LogP contribution in [0.2, 0.25) is 0 Å².